The van der Waals surface area contributed by atoms with Gasteiger partial charge in [-0.15, -0.1) is 0 Å². The fourth-order valence-electron chi connectivity index (χ4n) is 4.50. The van der Waals surface area contributed by atoms with Crippen molar-refractivity contribution in [2.45, 2.75) is 57.4 Å². The first-order valence-corrected chi connectivity index (χ1v) is 10.0. The minimum atomic E-state index is -0.258. The van der Waals surface area contributed by atoms with Crippen molar-refractivity contribution in [1.29, 1.82) is 0 Å². The summed E-state index contributed by atoms with van der Waals surface area (Å²) in [6.07, 6.45) is 10.5. The molecule has 2 amide bonds. The first kappa shape index (κ1) is 17.3. The average molecular weight is 356 g/mol. The fourth-order valence-corrected chi connectivity index (χ4v) is 4.50. The molecule has 1 saturated carbocycles. The predicted octanol–water partition coefficient (Wildman–Crippen LogP) is 2.80. The largest absolute Gasteiger partial charge is 0.370 e. The van der Waals surface area contributed by atoms with E-state index in [4.69, 9.17) is 0 Å². The van der Waals surface area contributed by atoms with Gasteiger partial charge >= 0.3 is 0 Å². The van der Waals surface area contributed by atoms with Crippen LogP contribution in [-0.4, -0.2) is 47.4 Å². The fraction of sp³-hybridized carbons (Fsp3) is 0.650. The number of carbonyl (C=O) groups excluding carboxylic acids is 2. The summed E-state index contributed by atoms with van der Waals surface area (Å²) in [5.41, 5.74) is 1.12. The molecule has 1 unspecified atom stereocenters. The SMILES string of the molecule is O=C(Nc1ccc(N2CCCCC2)cn1)C1CC(=O)N(C2CCCC2)C1. The van der Waals surface area contributed by atoms with E-state index in [0.717, 1.165) is 31.6 Å². The number of nitrogens with zero attached hydrogens (tertiary/aromatic N) is 3. The van der Waals surface area contributed by atoms with E-state index in [2.05, 4.69) is 15.2 Å². The second kappa shape index (κ2) is 7.64. The second-order valence-electron chi connectivity index (χ2n) is 7.82. The molecular weight excluding hydrogens is 328 g/mol. The van der Waals surface area contributed by atoms with Crippen molar-refractivity contribution in [3.8, 4) is 0 Å². The third-order valence-electron chi connectivity index (χ3n) is 6.02. The smallest absolute Gasteiger partial charge is 0.230 e. The molecule has 2 saturated heterocycles. The zero-order valence-electron chi connectivity index (χ0n) is 15.3. The van der Waals surface area contributed by atoms with E-state index in [0.29, 0.717) is 24.8 Å². The molecule has 3 heterocycles. The maximum absolute atomic E-state index is 12.6. The van der Waals surface area contributed by atoms with Crippen molar-refractivity contribution in [2.24, 2.45) is 5.92 Å². The number of hydrogen-bond donors (Lipinski definition) is 1. The first-order valence-electron chi connectivity index (χ1n) is 10.0. The number of piperidine rings is 1. The number of anilines is 2. The molecule has 6 nitrogen and oxygen atoms in total. The molecule has 2 aliphatic heterocycles. The molecule has 26 heavy (non-hydrogen) atoms. The lowest BCUT2D eigenvalue weighted by atomic mass is 10.1. The van der Waals surface area contributed by atoms with Crippen LogP contribution in [0, 0.1) is 5.92 Å². The van der Waals surface area contributed by atoms with Crippen LogP contribution in [0.3, 0.4) is 0 Å². The van der Waals surface area contributed by atoms with Crippen LogP contribution in [0.1, 0.15) is 51.4 Å². The van der Waals surface area contributed by atoms with Crippen molar-refractivity contribution in [2.75, 3.05) is 29.9 Å². The number of hydrogen-bond acceptors (Lipinski definition) is 4. The summed E-state index contributed by atoms with van der Waals surface area (Å²) in [7, 11) is 0. The normalized spacial score (nSPS) is 24.3. The average Bonchev–Trinajstić information content (AvgIpc) is 3.32. The van der Waals surface area contributed by atoms with E-state index in [1.54, 1.807) is 0 Å². The summed E-state index contributed by atoms with van der Waals surface area (Å²) in [5, 5.41) is 2.90. The number of amides is 2. The van der Waals surface area contributed by atoms with Crippen LogP contribution in [0.4, 0.5) is 11.5 Å². The Morgan fingerprint density at radius 3 is 2.54 bits per heavy atom. The lowest BCUT2D eigenvalue weighted by Crippen LogP contribution is -2.35. The maximum Gasteiger partial charge on any atom is 0.230 e. The Hall–Kier alpha value is -2.11. The Morgan fingerprint density at radius 2 is 1.85 bits per heavy atom. The van der Waals surface area contributed by atoms with Gasteiger partial charge in [-0.2, -0.15) is 0 Å². The molecule has 0 radical (unpaired) electrons. The summed E-state index contributed by atoms with van der Waals surface area (Å²) in [6.45, 7) is 2.71. The standard InChI is InChI=1S/C20H28N4O2/c25-19-12-15(14-24(19)16-6-2-3-7-16)20(26)22-18-9-8-17(13-21-18)23-10-4-1-5-11-23/h8-9,13,15-16H,1-7,10-12,14H2,(H,21,22,26). The van der Waals surface area contributed by atoms with Gasteiger partial charge in [-0.05, 0) is 44.2 Å². The molecule has 0 spiro atoms. The highest BCUT2D eigenvalue weighted by Crippen LogP contribution is 2.30. The number of nitrogens with one attached hydrogen (secondary N) is 1. The molecule has 3 fully saturated rings. The lowest BCUT2D eigenvalue weighted by Gasteiger charge is -2.28. The zero-order valence-corrected chi connectivity index (χ0v) is 15.3. The van der Waals surface area contributed by atoms with Crippen LogP contribution in [0.2, 0.25) is 0 Å². The van der Waals surface area contributed by atoms with Gasteiger partial charge in [0.05, 0.1) is 17.8 Å². The molecule has 3 aliphatic rings. The summed E-state index contributed by atoms with van der Waals surface area (Å²) < 4.78 is 0. The number of pyridine rings is 1. The van der Waals surface area contributed by atoms with Gasteiger partial charge in [0.15, 0.2) is 0 Å². The number of aromatic nitrogens is 1. The van der Waals surface area contributed by atoms with E-state index in [9.17, 15) is 9.59 Å². The molecule has 0 bridgehead atoms. The Bertz CT molecular complexity index is 648. The van der Waals surface area contributed by atoms with Gasteiger partial charge in [-0.1, -0.05) is 12.8 Å². The summed E-state index contributed by atoms with van der Waals surface area (Å²) in [5.74, 6) is 0.358. The first-order chi connectivity index (χ1) is 12.7. The molecule has 1 aliphatic carbocycles. The van der Waals surface area contributed by atoms with Crippen molar-refractivity contribution < 1.29 is 9.59 Å². The third-order valence-corrected chi connectivity index (χ3v) is 6.02. The van der Waals surface area contributed by atoms with Crippen LogP contribution < -0.4 is 10.2 Å². The van der Waals surface area contributed by atoms with Crippen molar-refractivity contribution >= 4 is 23.3 Å². The highest BCUT2D eigenvalue weighted by Gasteiger charge is 2.38. The van der Waals surface area contributed by atoms with Gasteiger partial charge in [0, 0.05) is 32.1 Å². The van der Waals surface area contributed by atoms with Gasteiger partial charge in [-0.3, -0.25) is 9.59 Å². The Labute approximate surface area is 155 Å². The highest BCUT2D eigenvalue weighted by molar-refractivity contribution is 5.96. The number of rotatable bonds is 4. The second-order valence-corrected chi connectivity index (χ2v) is 7.82. The summed E-state index contributed by atoms with van der Waals surface area (Å²) in [6, 6.07) is 4.24. The lowest BCUT2D eigenvalue weighted by molar-refractivity contribution is -0.129. The van der Waals surface area contributed by atoms with Crippen LogP contribution in [-0.2, 0) is 9.59 Å². The van der Waals surface area contributed by atoms with Crippen molar-refractivity contribution in [3.05, 3.63) is 18.3 Å². The van der Waals surface area contributed by atoms with Gasteiger partial charge < -0.3 is 15.1 Å². The zero-order chi connectivity index (χ0) is 17.9. The van der Waals surface area contributed by atoms with E-state index in [1.165, 1.54) is 32.1 Å². The van der Waals surface area contributed by atoms with Gasteiger partial charge in [0.25, 0.3) is 0 Å². The van der Waals surface area contributed by atoms with Crippen LogP contribution >= 0.6 is 0 Å². The molecule has 1 aromatic rings. The molecule has 1 aromatic heterocycles. The van der Waals surface area contributed by atoms with E-state index in [1.807, 2.05) is 23.2 Å². The molecule has 1 N–H and O–H groups in total. The van der Waals surface area contributed by atoms with Crippen molar-refractivity contribution in [3.63, 3.8) is 0 Å². The highest BCUT2D eigenvalue weighted by atomic mass is 16.2. The summed E-state index contributed by atoms with van der Waals surface area (Å²) in [4.78, 5) is 33.5. The molecule has 140 valence electrons. The van der Waals surface area contributed by atoms with E-state index in [-0.39, 0.29) is 17.7 Å². The number of carbonyl (C=O) groups is 2. The third kappa shape index (κ3) is 3.69. The topological polar surface area (TPSA) is 65.5 Å². The van der Waals surface area contributed by atoms with E-state index >= 15 is 0 Å². The molecule has 1 atom stereocenters. The van der Waals surface area contributed by atoms with Gasteiger partial charge in [0.1, 0.15) is 5.82 Å². The number of likely N-dealkylation sites (tertiary alicyclic amines) is 1. The van der Waals surface area contributed by atoms with Gasteiger partial charge in [0.2, 0.25) is 11.8 Å². The Morgan fingerprint density at radius 1 is 1.08 bits per heavy atom. The van der Waals surface area contributed by atoms with Crippen LogP contribution in [0.25, 0.3) is 0 Å². The van der Waals surface area contributed by atoms with E-state index < -0.39 is 0 Å². The molecule has 0 aromatic carbocycles. The molecule has 4 rings (SSSR count). The maximum atomic E-state index is 12.6. The van der Waals surface area contributed by atoms with Crippen molar-refractivity contribution in [1.82, 2.24) is 9.88 Å². The Balaban J connectivity index is 1.33. The minimum absolute atomic E-state index is 0.0860. The van der Waals surface area contributed by atoms with Crippen LogP contribution in [0.5, 0.6) is 0 Å². The summed E-state index contributed by atoms with van der Waals surface area (Å²) >= 11 is 0. The minimum Gasteiger partial charge on any atom is -0.370 e. The Kier molecular flexibility index (Phi) is 5.09. The van der Waals surface area contributed by atoms with Crippen LogP contribution in [0.15, 0.2) is 18.3 Å². The van der Waals surface area contributed by atoms with Gasteiger partial charge in [-0.25, -0.2) is 4.98 Å². The monoisotopic (exact) mass is 356 g/mol. The quantitative estimate of drug-likeness (QED) is 0.901. The molecular formula is C20H28N4O2. The predicted molar refractivity (Wildman–Crippen MR) is 101 cm³/mol. The molecule has 6 heteroatoms.